The summed E-state index contributed by atoms with van der Waals surface area (Å²) < 4.78 is 10.5. The second kappa shape index (κ2) is 6.32. The average molecular weight is 315 g/mol. The number of rotatable bonds is 6. The Bertz CT molecular complexity index is 707. The summed E-state index contributed by atoms with van der Waals surface area (Å²) in [6.07, 6.45) is 2.34. The number of ether oxygens (including phenoxy) is 2. The predicted octanol–water partition coefficient (Wildman–Crippen LogP) is 2.80. The molecule has 0 spiro atoms. The summed E-state index contributed by atoms with van der Waals surface area (Å²) in [7, 11) is 3.19. The zero-order chi connectivity index (χ0) is 16.4. The van der Waals surface area contributed by atoms with Crippen molar-refractivity contribution >= 4 is 5.91 Å². The molecule has 0 radical (unpaired) electrons. The third-order valence-electron chi connectivity index (χ3n) is 4.10. The number of hydrogen-bond donors (Lipinski definition) is 2. The van der Waals surface area contributed by atoms with Gasteiger partial charge < -0.3 is 14.8 Å². The van der Waals surface area contributed by atoms with Crippen LogP contribution in [-0.4, -0.2) is 30.3 Å². The number of aromatic nitrogens is 2. The maximum Gasteiger partial charge on any atom is 0.272 e. The van der Waals surface area contributed by atoms with Crippen LogP contribution in [-0.2, 0) is 0 Å². The summed E-state index contributed by atoms with van der Waals surface area (Å²) in [4.78, 5) is 12.3. The first kappa shape index (κ1) is 15.4. The van der Waals surface area contributed by atoms with Crippen LogP contribution in [0.2, 0.25) is 0 Å². The highest BCUT2D eigenvalue weighted by atomic mass is 16.5. The predicted molar refractivity (Wildman–Crippen MR) is 86.0 cm³/mol. The summed E-state index contributed by atoms with van der Waals surface area (Å²) >= 11 is 0. The molecular weight excluding hydrogens is 294 g/mol. The minimum absolute atomic E-state index is 0.164. The van der Waals surface area contributed by atoms with Crippen molar-refractivity contribution in [3.05, 3.63) is 41.2 Å². The Kier molecular flexibility index (Phi) is 4.23. The summed E-state index contributed by atoms with van der Waals surface area (Å²) in [5.41, 5.74) is 2.42. The zero-order valence-electron chi connectivity index (χ0n) is 13.6. The third kappa shape index (κ3) is 3.31. The number of benzene rings is 1. The van der Waals surface area contributed by atoms with Crippen molar-refractivity contribution in [1.82, 2.24) is 15.5 Å². The van der Waals surface area contributed by atoms with Gasteiger partial charge in [-0.2, -0.15) is 5.10 Å². The topological polar surface area (TPSA) is 76.2 Å². The van der Waals surface area contributed by atoms with Gasteiger partial charge in [0.15, 0.2) is 11.5 Å². The quantitative estimate of drug-likeness (QED) is 0.859. The summed E-state index contributed by atoms with van der Waals surface area (Å²) in [6, 6.07) is 7.28. The first-order chi connectivity index (χ1) is 11.1. The highest BCUT2D eigenvalue weighted by Crippen LogP contribution is 2.39. The van der Waals surface area contributed by atoms with E-state index in [-0.39, 0.29) is 11.9 Å². The molecule has 1 aromatic carbocycles. The van der Waals surface area contributed by atoms with Gasteiger partial charge in [0.25, 0.3) is 5.91 Å². The normalized spacial score (nSPS) is 15.1. The molecule has 0 saturated heterocycles. The van der Waals surface area contributed by atoms with Gasteiger partial charge in [-0.25, -0.2) is 0 Å². The number of aromatic amines is 1. The van der Waals surface area contributed by atoms with Crippen LogP contribution < -0.4 is 14.8 Å². The van der Waals surface area contributed by atoms with Gasteiger partial charge in [0.2, 0.25) is 0 Å². The van der Waals surface area contributed by atoms with E-state index in [1.54, 1.807) is 14.2 Å². The number of amides is 1. The molecule has 3 rings (SSSR count). The molecule has 1 saturated carbocycles. The maximum absolute atomic E-state index is 12.3. The van der Waals surface area contributed by atoms with Crippen LogP contribution in [0.25, 0.3) is 0 Å². The van der Waals surface area contributed by atoms with Gasteiger partial charge in [0.05, 0.1) is 20.3 Å². The molecule has 6 heteroatoms. The molecule has 6 nitrogen and oxygen atoms in total. The van der Waals surface area contributed by atoms with E-state index in [9.17, 15) is 4.79 Å². The Morgan fingerprint density at radius 1 is 1.26 bits per heavy atom. The van der Waals surface area contributed by atoms with Crippen molar-refractivity contribution < 1.29 is 14.3 Å². The van der Waals surface area contributed by atoms with Crippen molar-refractivity contribution in [1.29, 1.82) is 0 Å². The van der Waals surface area contributed by atoms with Crippen LogP contribution in [0.5, 0.6) is 11.5 Å². The SMILES string of the molecule is COc1ccc([C@H](C)NC(=O)c2cc(C3CC3)[nH]n2)cc1OC. The molecule has 0 unspecified atom stereocenters. The largest absolute Gasteiger partial charge is 0.493 e. The van der Waals surface area contributed by atoms with Gasteiger partial charge >= 0.3 is 0 Å². The van der Waals surface area contributed by atoms with E-state index >= 15 is 0 Å². The number of H-pyrrole nitrogens is 1. The Morgan fingerprint density at radius 2 is 2.00 bits per heavy atom. The lowest BCUT2D eigenvalue weighted by atomic mass is 10.1. The van der Waals surface area contributed by atoms with Crippen molar-refractivity contribution in [3.8, 4) is 11.5 Å². The minimum atomic E-state index is -0.185. The smallest absolute Gasteiger partial charge is 0.272 e. The summed E-state index contributed by atoms with van der Waals surface area (Å²) in [5, 5.41) is 10.0. The van der Waals surface area contributed by atoms with Crippen LogP contribution in [0.15, 0.2) is 24.3 Å². The van der Waals surface area contributed by atoms with Gasteiger partial charge in [-0.05, 0) is 43.5 Å². The second-order valence-electron chi connectivity index (χ2n) is 5.79. The van der Waals surface area contributed by atoms with Crippen molar-refractivity contribution in [2.24, 2.45) is 0 Å². The fourth-order valence-electron chi connectivity index (χ4n) is 2.53. The molecule has 1 aromatic heterocycles. The van der Waals surface area contributed by atoms with Gasteiger partial charge in [-0.1, -0.05) is 6.07 Å². The van der Waals surface area contributed by atoms with Crippen molar-refractivity contribution in [2.75, 3.05) is 14.2 Å². The standard InChI is InChI=1S/C17H21N3O3/c1-10(12-6-7-15(22-2)16(8-12)23-3)18-17(21)14-9-13(19-20-14)11-4-5-11/h6-11H,4-5H2,1-3H3,(H,18,21)(H,19,20)/t10-/m0/s1. The number of methoxy groups -OCH3 is 2. The molecular formula is C17H21N3O3. The van der Waals surface area contributed by atoms with Gasteiger partial charge in [-0.15, -0.1) is 0 Å². The molecule has 1 heterocycles. The van der Waals surface area contributed by atoms with Gasteiger partial charge in [0, 0.05) is 11.6 Å². The third-order valence-corrected chi connectivity index (χ3v) is 4.10. The molecule has 0 aliphatic heterocycles. The van der Waals surface area contributed by atoms with E-state index in [0.717, 1.165) is 11.3 Å². The average Bonchev–Trinajstić information content (AvgIpc) is 3.30. The Balaban J connectivity index is 1.69. The molecule has 2 N–H and O–H groups in total. The van der Waals surface area contributed by atoms with E-state index in [4.69, 9.17) is 9.47 Å². The molecule has 0 bridgehead atoms. The molecule has 122 valence electrons. The van der Waals surface area contributed by atoms with Crippen LogP contribution in [0, 0.1) is 0 Å². The fraction of sp³-hybridized carbons (Fsp3) is 0.412. The van der Waals surface area contributed by atoms with Crippen LogP contribution >= 0.6 is 0 Å². The molecule has 1 amide bonds. The molecule has 1 atom stereocenters. The summed E-state index contributed by atoms with van der Waals surface area (Å²) in [6.45, 7) is 1.92. The fourth-order valence-corrected chi connectivity index (χ4v) is 2.53. The molecule has 1 aliphatic rings. The Labute approximate surface area is 135 Å². The Morgan fingerprint density at radius 3 is 2.65 bits per heavy atom. The highest BCUT2D eigenvalue weighted by molar-refractivity contribution is 5.92. The molecule has 2 aromatic rings. The first-order valence-electron chi connectivity index (χ1n) is 7.70. The number of carbonyl (C=O) groups excluding carboxylic acids is 1. The van der Waals surface area contributed by atoms with E-state index in [0.29, 0.717) is 23.1 Å². The maximum atomic E-state index is 12.3. The monoisotopic (exact) mass is 315 g/mol. The van der Waals surface area contributed by atoms with E-state index in [1.807, 2.05) is 31.2 Å². The van der Waals surface area contributed by atoms with Crippen LogP contribution in [0.3, 0.4) is 0 Å². The van der Waals surface area contributed by atoms with Gasteiger partial charge in [0.1, 0.15) is 5.69 Å². The van der Waals surface area contributed by atoms with E-state index < -0.39 is 0 Å². The second-order valence-corrected chi connectivity index (χ2v) is 5.79. The molecule has 23 heavy (non-hydrogen) atoms. The van der Waals surface area contributed by atoms with Crippen LogP contribution in [0.1, 0.15) is 53.5 Å². The zero-order valence-corrected chi connectivity index (χ0v) is 13.6. The number of carbonyl (C=O) groups is 1. The van der Waals surface area contributed by atoms with E-state index in [2.05, 4.69) is 15.5 Å². The van der Waals surface area contributed by atoms with Gasteiger partial charge in [-0.3, -0.25) is 9.89 Å². The summed E-state index contributed by atoms with van der Waals surface area (Å²) in [5.74, 6) is 1.67. The molecule has 1 aliphatic carbocycles. The molecule has 1 fully saturated rings. The van der Waals surface area contributed by atoms with Crippen LogP contribution in [0.4, 0.5) is 0 Å². The Hall–Kier alpha value is -2.50. The lowest BCUT2D eigenvalue weighted by molar-refractivity contribution is 0.0934. The minimum Gasteiger partial charge on any atom is -0.493 e. The highest BCUT2D eigenvalue weighted by Gasteiger charge is 2.26. The number of hydrogen-bond acceptors (Lipinski definition) is 4. The number of nitrogens with zero attached hydrogens (tertiary/aromatic N) is 1. The lowest BCUT2D eigenvalue weighted by Gasteiger charge is -2.16. The van der Waals surface area contributed by atoms with Crippen molar-refractivity contribution in [2.45, 2.75) is 31.7 Å². The first-order valence-corrected chi connectivity index (χ1v) is 7.70. The van der Waals surface area contributed by atoms with Crippen molar-refractivity contribution in [3.63, 3.8) is 0 Å². The number of nitrogens with one attached hydrogen (secondary N) is 2. The lowest BCUT2D eigenvalue weighted by Crippen LogP contribution is -2.27. The van der Waals surface area contributed by atoms with E-state index in [1.165, 1.54) is 12.8 Å².